The normalized spacial score (nSPS) is 13.9. The van der Waals surface area contributed by atoms with Crippen molar-refractivity contribution in [3.05, 3.63) is 54.0 Å². The Morgan fingerprint density at radius 2 is 1.87 bits per heavy atom. The minimum absolute atomic E-state index is 0.237. The van der Waals surface area contributed by atoms with Crippen molar-refractivity contribution in [2.24, 2.45) is 0 Å². The Hall–Kier alpha value is -2.21. The molecule has 6 heteroatoms. The van der Waals surface area contributed by atoms with Crippen molar-refractivity contribution >= 4 is 28.8 Å². The number of nitrogens with zero attached hydrogens (tertiary/aromatic N) is 2. The molecule has 2 N–H and O–H groups in total. The molecule has 1 aromatic heterocycles. The molecule has 1 aromatic carbocycles. The largest absolute Gasteiger partial charge is 0.358 e. The maximum atomic E-state index is 12.8. The number of hydrogen-bond acceptors (Lipinski definition) is 3. The maximum absolute atomic E-state index is 12.8. The van der Waals surface area contributed by atoms with Crippen LogP contribution in [0.2, 0.25) is 0 Å². The van der Waals surface area contributed by atoms with Crippen molar-refractivity contribution in [2.75, 3.05) is 23.3 Å². The third kappa shape index (κ3) is 4.39. The SMILES string of the molecule is Fc1ccc(CNC(=S)Nc2ccc(N3CCCC3)nc2)cc1. The summed E-state index contributed by atoms with van der Waals surface area (Å²) in [5, 5.41) is 6.72. The monoisotopic (exact) mass is 330 g/mol. The summed E-state index contributed by atoms with van der Waals surface area (Å²) in [4.78, 5) is 6.76. The zero-order chi connectivity index (χ0) is 16.1. The van der Waals surface area contributed by atoms with Gasteiger partial charge in [-0.05, 0) is 54.9 Å². The Labute approximate surface area is 140 Å². The van der Waals surface area contributed by atoms with Gasteiger partial charge in [0.2, 0.25) is 0 Å². The molecule has 1 aliphatic rings. The summed E-state index contributed by atoms with van der Waals surface area (Å²) in [5.41, 5.74) is 1.82. The average Bonchev–Trinajstić information content (AvgIpc) is 3.09. The second kappa shape index (κ2) is 7.37. The topological polar surface area (TPSA) is 40.2 Å². The quantitative estimate of drug-likeness (QED) is 0.842. The number of halogens is 1. The average molecular weight is 330 g/mol. The van der Waals surface area contributed by atoms with Crippen molar-refractivity contribution in [1.82, 2.24) is 10.3 Å². The van der Waals surface area contributed by atoms with Gasteiger partial charge in [-0.25, -0.2) is 9.37 Å². The van der Waals surface area contributed by atoms with E-state index in [0.29, 0.717) is 11.7 Å². The standard InChI is InChI=1S/C17H19FN4S/c18-14-5-3-13(4-6-14)11-20-17(23)21-15-7-8-16(19-12-15)22-9-1-2-10-22/h3-8,12H,1-2,9-11H2,(H2,20,21,23). The number of pyridine rings is 1. The lowest BCUT2D eigenvalue weighted by Crippen LogP contribution is -2.28. The predicted molar refractivity (Wildman–Crippen MR) is 95.1 cm³/mol. The van der Waals surface area contributed by atoms with Gasteiger partial charge in [0.05, 0.1) is 11.9 Å². The van der Waals surface area contributed by atoms with Crippen molar-refractivity contribution < 1.29 is 4.39 Å². The second-order valence-corrected chi connectivity index (χ2v) is 5.94. The van der Waals surface area contributed by atoms with Crippen LogP contribution in [0.25, 0.3) is 0 Å². The number of nitrogens with one attached hydrogen (secondary N) is 2. The fourth-order valence-corrected chi connectivity index (χ4v) is 2.74. The third-order valence-electron chi connectivity index (χ3n) is 3.80. The summed E-state index contributed by atoms with van der Waals surface area (Å²) in [7, 11) is 0. The van der Waals surface area contributed by atoms with E-state index in [9.17, 15) is 4.39 Å². The summed E-state index contributed by atoms with van der Waals surface area (Å²) in [6.45, 7) is 2.71. The molecule has 0 unspecified atom stereocenters. The molecule has 2 heterocycles. The van der Waals surface area contributed by atoms with Crippen LogP contribution >= 0.6 is 12.2 Å². The van der Waals surface area contributed by atoms with Crippen molar-refractivity contribution in [1.29, 1.82) is 0 Å². The van der Waals surface area contributed by atoms with E-state index >= 15 is 0 Å². The highest BCUT2D eigenvalue weighted by atomic mass is 32.1. The Balaban J connectivity index is 1.50. The van der Waals surface area contributed by atoms with Gasteiger partial charge in [0.25, 0.3) is 0 Å². The molecule has 23 heavy (non-hydrogen) atoms. The Kier molecular flexibility index (Phi) is 5.02. The Morgan fingerprint density at radius 3 is 2.52 bits per heavy atom. The molecule has 0 radical (unpaired) electrons. The van der Waals surface area contributed by atoms with Gasteiger partial charge in [-0.15, -0.1) is 0 Å². The number of rotatable bonds is 4. The van der Waals surface area contributed by atoms with E-state index in [4.69, 9.17) is 12.2 Å². The summed E-state index contributed by atoms with van der Waals surface area (Å²) in [6.07, 6.45) is 4.26. The van der Waals surface area contributed by atoms with E-state index in [1.54, 1.807) is 18.3 Å². The first-order valence-electron chi connectivity index (χ1n) is 7.71. The van der Waals surface area contributed by atoms with E-state index in [0.717, 1.165) is 30.2 Å². The molecule has 0 spiro atoms. The summed E-state index contributed by atoms with van der Waals surface area (Å²) < 4.78 is 12.8. The minimum atomic E-state index is -0.237. The molecule has 4 nitrogen and oxygen atoms in total. The summed E-state index contributed by atoms with van der Waals surface area (Å²) >= 11 is 5.27. The van der Waals surface area contributed by atoms with Gasteiger partial charge in [0, 0.05) is 19.6 Å². The van der Waals surface area contributed by atoms with Crippen LogP contribution in [-0.2, 0) is 6.54 Å². The second-order valence-electron chi connectivity index (χ2n) is 5.53. The molecule has 0 amide bonds. The zero-order valence-electron chi connectivity index (χ0n) is 12.8. The first-order chi connectivity index (χ1) is 11.2. The highest BCUT2D eigenvalue weighted by Gasteiger charge is 2.12. The molecule has 1 fully saturated rings. The van der Waals surface area contributed by atoms with Gasteiger partial charge < -0.3 is 15.5 Å². The molecule has 3 rings (SSSR count). The van der Waals surface area contributed by atoms with Crippen LogP contribution in [0, 0.1) is 5.82 Å². The molecule has 0 saturated carbocycles. The van der Waals surface area contributed by atoms with Gasteiger partial charge in [0.15, 0.2) is 5.11 Å². The van der Waals surface area contributed by atoms with Crippen molar-refractivity contribution in [2.45, 2.75) is 19.4 Å². The number of aromatic nitrogens is 1. The lowest BCUT2D eigenvalue weighted by atomic mass is 10.2. The van der Waals surface area contributed by atoms with Gasteiger partial charge in [-0.2, -0.15) is 0 Å². The van der Waals surface area contributed by atoms with Crippen LogP contribution in [0.15, 0.2) is 42.6 Å². The fraction of sp³-hybridized carbons (Fsp3) is 0.294. The van der Waals surface area contributed by atoms with Crippen LogP contribution in [-0.4, -0.2) is 23.2 Å². The minimum Gasteiger partial charge on any atom is -0.358 e. The molecular formula is C17H19FN4S. The summed E-state index contributed by atoms with van der Waals surface area (Å²) in [5.74, 6) is 0.775. The molecular weight excluding hydrogens is 311 g/mol. The van der Waals surface area contributed by atoms with Crippen molar-refractivity contribution in [3.63, 3.8) is 0 Å². The molecule has 0 atom stereocenters. The Morgan fingerprint density at radius 1 is 1.13 bits per heavy atom. The molecule has 2 aromatic rings. The highest BCUT2D eigenvalue weighted by molar-refractivity contribution is 7.80. The maximum Gasteiger partial charge on any atom is 0.171 e. The van der Waals surface area contributed by atoms with E-state index in [2.05, 4.69) is 20.5 Å². The molecule has 1 aliphatic heterocycles. The first-order valence-corrected chi connectivity index (χ1v) is 8.12. The third-order valence-corrected chi connectivity index (χ3v) is 4.05. The van der Waals surface area contributed by atoms with Crippen LogP contribution in [0.3, 0.4) is 0 Å². The van der Waals surface area contributed by atoms with Gasteiger partial charge in [-0.3, -0.25) is 0 Å². The number of benzene rings is 1. The fourth-order valence-electron chi connectivity index (χ4n) is 2.55. The van der Waals surface area contributed by atoms with Crippen LogP contribution in [0.4, 0.5) is 15.9 Å². The van der Waals surface area contributed by atoms with E-state index in [-0.39, 0.29) is 5.82 Å². The van der Waals surface area contributed by atoms with Gasteiger partial charge in [0.1, 0.15) is 11.6 Å². The molecule has 0 aliphatic carbocycles. The highest BCUT2D eigenvalue weighted by Crippen LogP contribution is 2.19. The van der Waals surface area contributed by atoms with E-state index in [1.807, 2.05) is 12.1 Å². The van der Waals surface area contributed by atoms with Gasteiger partial charge >= 0.3 is 0 Å². The Bertz CT molecular complexity index is 651. The number of thiocarbonyl (C=S) groups is 1. The molecule has 120 valence electrons. The van der Waals surface area contributed by atoms with Crippen LogP contribution < -0.4 is 15.5 Å². The molecule has 0 bridgehead atoms. The number of anilines is 2. The smallest absolute Gasteiger partial charge is 0.171 e. The van der Waals surface area contributed by atoms with Crippen LogP contribution in [0.1, 0.15) is 18.4 Å². The zero-order valence-corrected chi connectivity index (χ0v) is 13.6. The summed E-state index contributed by atoms with van der Waals surface area (Å²) in [6, 6.07) is 10.3. The van der Waals surface area contributed by atoms with Crippen LogP contribution in [0.5, 0.6) is 0 Å². The van der Waals surface area contributed by atoms with Gasteiger partial charge in [-0.1, -0.05) is 12.1 Å². The first kappa shape index (κ1) is 15.7. The lowest BCUT2D eigenvalue weighted by molar-refractivity contribution is 0.627. The van der Waals surface area contributed by atoms with E-state index in [1.165, 1.54) is 25.0 Å². The lowest BCUT2D eigenvalue weighted by Gasteiger charge is -2.16. The molecule has 1 saturated heterocycles. The number of hydrogen-bond donors (Lipinski definition) is 2. The van der Waals surface area contributed by atoms with E-state index < -0.39 is 0 Å². The predicted octanol–water partition coefficient (Wildman–Crippen LogP) is 3.31. The van der Waals surface area contributed by atoms with Crippen molar-refractivity contribution in [3.8, 4) is 0 Å².